The molecule has 0 amide bonds. The fourth-order valence-corrected chi connectivity index (χ4v) is 6.48. The molecule has 3 heterocycles. The molecule has 1 spiro atoms. The van der Waals surface area contributed by atoms with Gasteiger partial charge in [0.25, 0.3) is 0 Å². The van der Waals surface area contributed by atoms with E-state index in [1.807, 2.05) is 0 Å². The fourth-order valence-electron chi connectivity index (χ4n) is 6.48. The number of hydrogen-bond donors (Lipinski definition) is 0. The average Bonchev–Trinajstić information content (AvgIpc) is 2.39. The standard InChI is InChI=1S/C13H16O2/c1-4-2-5-7-8-10-6-3-13(10,15-6)11(8)9(7)12(5)14-4/h4-12H,2-3H2,1H3. The average molecular weight is 204 g/mol. The normalized spacial score (nSPS) is 84.2. The van der Waals surface area contributed by atoms with Crippen molar-refractivity contribution < 1.29 is 9.47 Å². The predicted octanol–water partition coefficient (Wildman–Crippen LogP) is 1.44. The Morgan fingerprint density at radius 1 is 1.13 bits per heavy atom. The molecule has 7 aliphatic rings. The molecule has 7 fully saturated rings. The van der Waals surface area contributed by atoms with Gasteiger partial charge < -0.3 is 9.47 Å². The highest BCUT2D eigenvalue weighted by Gasteiger charge is 2.92. The third-order valence-electron chi connectivity index (χ3n) is 6.84. The van der Waals surface area contributed by atoms with Crippen molar-refractivity contribution in [2.75, 3.05) is 0 Å². The molecule has 0 aromatic heterocycles. The second kappa shape index (κ2) is 1.70. The zero-order valence-corrected chi connectivity index (χ0v) is 8.93. The van der Waals surface area contributed by atoms with Crippen molar-refractivity contribution in [3.8, 4) is 0 Å². The van der Waals surface area contributed by atoms with Crippen LogP contribution in [0, 0.1) is 35.5 Å². The summed E-state index contributed by atoms with van der Waals surface area (Å²) in [5.41, 5.74) is 0.427. The largest absolute Gasteiger partial charge is 0.375 e. The minimum atomic E-state index is 0.427. The summed E-state index contributed by atoms with van der Waals surface area (Å²) in [7, 11) is 0. The maximum Gasteiger partial charge on any atom is 0.0801 e. The molecule has 0 aromatic rings. The Hall–Kier alpha value is -0.0800. The smallest absolute Gasteiger partial charge is 0.0801 e. The van der Waals surface area contributed by atoms with Gasteiger partial charge in [-0.2, -0.15) is 0 Å². The van der Waals surface area contributed by atoms with Gasteiger partial charge in [-0.25, -0.2) is 0 Å². The van der Waals surface area contributed by atoms with Crippen LogP contribution >= 0.6 is 0 Å². The quantitative estimate of drug-likeness (QED) is 0.594. The molecular weight excluding hydrogens is 188 g/mol. The van der Waals surface area contributed by atoms with Crippen molar-refractivity contribution in [1.29, 1.82) is 0 Å². The molecular formula is C13H16O2. The molecule has 10 unspecified atom stereocenters. The second-order valence-corrected chi connectivity index (χ2v) is 6.91. The van der Waals surface area contributed by atoms with Crippen LogP contribution in [0.5, 0.6) is 0 Å². The number of ether oxygens (including phenoxy) is 2. The number of rotatable bonds is 0. The maximum absolute atomic E-state index is 6.06. The van der Waals surface area contributed by atoms with E-state index in [2.05, 4.69) is 6.92 Å². The third-order valence-corrected chi connectivity index (χ3v) is 6.84. The summed E-state index contributed by atoms with van der Waals surface area (Å²) in [4.78, 5) is 0. The number of fused-ring (bicyclic) bond motifs is 7. The Kier molecular flexibility index (Phi) is 0.828. The van der Waals surface area contributed by atoms with Gasteiger partial charge in [0.15, 0.2) is 0 Å². The van der Waals surface area contributed by atoms with Gasteiger partial charge in [-0.1, -0.05) is 0 Å². The van der Waals surface area contributed by atoms with Crippen LogP contribution in [0.25, 0.3) is 0 Å². The molecule has 3 saturated heterocycles. The van der Waals surface area contributed by atoms with Crippen LogP contribution in [0.3, 0.4) is 0 Å². The van der Waals surface area contributed by atoms with Crippen molar-refractivity contribution >= 4 is 0 Å². The first-order valence-electron chi connectivity index (χ1n) is 6.64. The number of hydrogen-bond acceptors (Lipinski definition) is 2. The molecule has 4 aliphatic carbocycles. The lowest BCUT2D eigenvalue weighted by molar-refractivity contribution is -0.537. The molecule has 0 aromatic carbocycles. The Morgan fingerprint density at radius 2 is 2.00 bits per heavy atom. The van der Waals surface area contributed by atoms with E-state index in [0.717, 1.165) is 35.5 Å². The summed E-state index contributed by atoms with van der Waals surface area (Å²) in [6, 6.07) is 0. The van der Waals surface area contributed by atoms with Crippen LogP contribution in [0.15, 0.2) is 0 Å². The third kappa shape index (κ3) is 0.455. The van der Waals surface area contributed by atoms with Gasteiger partial charge in [-0.3, -0.25) is 0 Å². The molecule has 10 atom stereocenters. The molecule has 2 bridgehead atoms. The summed E-state index contributed by atoms with van der Waals surface area (Å²) in [6.45, 7) is 2.25. The van der Waals surface area contributed by atoms with Crippen molar-refractivity contribution in [3.63, 3.8) is 0 Å². The highest BCUT2D eigenvalue weighted by atomic mass is 16.6. The molecule has 7 rings (SSSR count). The SMILES string of the molecule is CC1CC2C(O1)C1C2C2C3C4CC3(O4)C12. The van der Waals surface area contributed by atoms with Gasteiger partial charge >= 0.3 is 0 Å². The van der Waals surface area contributed by atoms with Gasteiger partial charge in [0.05, 0.1) is 23.9 Å². The van der Waals surface area contributed by atoms with Gasteiger partial charge in [0.1, 0.15) is 0 Å². The van der Waals surface area contributed by atoms with E-state index in [9.17, 15) is 0 Å². The topological polar surface area (TPSA) is 18.5 Å². The van der Waals surface area contributed by atoms with Crippen LogP contribution in [0.4, 0.5) is 0 Å². The monoisotopic (exact) mass is 204 g/mol. The zero-order chi connectivity index (χ0) is 9.52. The van der Waals surface area contributed by atoms with E-state index in [0.29, 0.717) is 23.9 Å². The molecule has 2 nitrogen and oxygen atoms in total. The van der Waals surface area contributed by atoms with Gasteiger partial charge in [0, 0.05) is 12.3 Å². The predicted molar refractivity (Wildman–Crippen MR) is 52.1 cm³/mol. The minimum Gasteiger partial charge on any atom is -0.375 e. The van der Waals surface area contributed by atoms with E-state index in [4.69, 9.17) is 9.47 Å². The zero-order valence-electron chi connectivity index (χ0n) is 8.93. The van der Waals surface area contributed by atoms with Gasteiger partial charge in [-0.15, -0.1) is 0 Å². The minimum absolute atomic E-state index is 0.427. The highest BCUT2D eigenvalue weighted by Crippen LogP contribution is 2.87. The molecule has 2 heteroatoms. The van der Waals surface area contributed by atoms with Crippen molar-refractivity contribution in [3.05, 3.63) is 0 Å². The van der Waals surface area contributed by atoms with Crippen LogP contribution in [0.2, 0.25) is 0 Å². The summed E-state index contributed by atoms with van der Waals surface area (Å²) in [5, 5.41) is 0. The summed E-state index contributed by atoms with van der Waals surface area (Å²) in [6.07, 6.45) is 4.63. The van der Waals surface area contributed by atoms with Crippen molar-refractivity contribution in [1.82, 2.24) is 0 Å². The first kappa shape index (κ1) is 7.29. The Balaban J connectivity index is 1.40. The van der Waals surface area contributed by atoms with Crippen LogP contribution < -0.4 is 0 Å². The Labute approximate surface area is 89.3 Å². The molecule has 3 aliphatic heterocycles. The molecule has 0 radical (unpaired) electrons. The summed E-state index contributed by atoms with van der Waals surface area (Å²) in [5.74, 6) is 5.96. The van der Waals surface area contributed by atoms with E-state index in [1.54, 1.807) is 0 Å². The lowest BCUT2D eigenvalue weighted by Crippen LogP contribution is -2.96. The second-order valence-electron chi connectivity index (χ2n) is 6.91. The van der Waals surface area contributed by atoms with Crippen LogP contribution in [-0.2, 0) is 9.47 Å². The molecule has 0 N–H and O–H groups in total. The molecule has 80 valence electrons. The summed E-state index contributed by atoms with van der Waals surface area (Å²) >= 11 is 0. The highest BCUT2D eigenvalue weighted by molar-refractivity contribution is 5.39. The molecule has 4 saturated carbocycles. The Bertz CT molecular complexity index is 386. The van der Waals surface area contributed by atoms with Gasteiger partial charge in [0.2, 0.25) is 0 Å². The summed E-state index contributed by atoms with van der Waals surface area (Å²) < 4.78 is 12.0. The van der Waals surface area contributed by atoms with E-state index >= 15 is 0 Å². The first-order valence-corrected chi connectivity index (χ1v) is 6.64. The van der Waals surface area contributed by atoms with Crippen molar-refractivity contribution in [2.24, 2.45) is 35.5 Å². The lowest BCUT2D eigenvalue weighted by Gasteiger charge is -2.91. The maximum atomic E-state index is 6.06. The first-order chi connectivity index (χ1) is 7.31. The van der Waals surface area contributed by atoms with E-state index in [1.165, 1.54) is 12.8 Å². The lowest BCUT2D eigenvalue weighted by atomic mass is 9.21. The van der Waals surface area contributed by atoms with Crippen LogP contribution in [0.1, 0.15) is 19.8 Å². The molecule has 15 heavy (non-hydrogen) atoms. The van der Waals surface area contributed by atoms with E-state index < -0.39 is 0 Å². The van der Waals surface area contributed by atoms with E-state index in [-0.39, 0.29) is 0 Å². The Morgan fingerprint density at radius 3 is 2.73 bits per heavy atom. The van der Waals surface area contributed by atoms with Crippen molar-refractivity contribution in [2.45, 2.75) is 43.7 Å². The van der Waals surface area contributed by atoms with Gasteiger partial charge in [-0.05, 0) is 42.9 Å². The van der Waals surface area contributed by atoms with Crippen LogP contribution in [-0.4, -0.2) is 23.9 Å². The fraction of sp³-hybridized carbons (Fsp3) is 1.00.